The molecule has 0 atom stereocenters. The first-order chi connectivity index (χ1) is 9.95. The minimum absolute atomic E-state index is 0.258. The highest BCUT2D eigenvalue weighted by Crippen LogP contribution is 2.24. The van der Waals surface area contributed by atoms with Crippen molar-refractivity contribution in [2.45, 2.75) is 6.54 Å². The Hall–Kier alpha value is -1.60. The minimum Gasteiger partial charge on any atom is -0.330 e. The number of rotatable bonds is 2. The third kappa shape index (κ3) is 2.63. The molecule has 3 rings (SSSR count). The Kier molecular flexibility index (Phi) is 3.62. The molecule has 1 N–H and O–H groups in total. The molecule has 1 aromatic heterocycles. The van der Waals surface area contributed by atoms with E-state index < -0.39 is 17.5 Å². The molecule has 0 amide bonds. The van der Waals surface area contributed by atoms with Gasteiger partial charge in [-0.25, -0.2) is 13.2 Å². The van der Waals surface area contributed by atoms with E-state index >= 15 is 0 Å². The number of aromatic nitrogens is 2. The van der Waals surface area contributed by atoms with Crippen LogP contribution in [0.2, 0.25) is 0 Å². The zero-order chi connectivity index (χ0) is 15.1. The number of hydrogen-bond acceptors (Lipinski definition) is 1. The predicted molar refractivity (Wildman–Crippen MR) is 80.2 cm³/mol. The Morgan fingerprint density at radius 1 is 1.05 bits per heavy atom. The van der Waals surface area contributed by atoms with Crippen LogP contribution in [0, 0.1) is 22.2 Å². The summed E-state index contributed by atoms with van der Waals surface area (Å²) in [5, 5.41) is 0. The van der Waals surface area contributed by atoms with E-state index in [-0.39, 0.29) is 6.54 Å². The Labute approximate surface area is 131 Å². The van der Waals surface area contributed by atoms with Crippen LogP contribution in [0.4, 0.5) is 13.2 Å². The Morgan fingerprint density at radius 3 is 2.52 bits per heavy atom. The first-order valence-electron chi connectivity index (χ1n) is 5.97. The highest BCUT2D eigenvalue weighted by molar-refractivity contribution is 9.10. The highest BCUT2D eigenvalue weighted by Gasteiger charge is 2.10. The quantitative estimate of drug-likeness (QED) is 0.632. The van der Waals surface area contributed by atoms with E-state index in [0.717, 1.165) is 12.1 Å². The molecule has 3 aromatic rings. The zero-order valence-corrected chi connectivity index (χ0v) is 12.9. The molecule has 0 saturated heterocycles. The predicted octanol–water partition coefficient (Wildman–Crippen LogP) is 4.93. The van der Waals surface area contributed by atoms with Crippen molar-refractivity contribution in [1.29, 1.82) is 0 Å². The van der Waals surface area contributed by atoms with Crippen LogP contribution >= 0.6 is 28.1 Å². The largest absolute Gasteiger partial charge is 0.330 e. The highest BCUT2D eigenvalue weighted by atomic mass is 79.9. The molecule has 21 heavy (non-hydrogen) atoms. The Morgan fingerprint density at radius 2 is 1.81 bits per heavy atom. The van der Waals surface area contributed by atoms with Gasteiger partial charge < -0.3 is 9.55 Å². The van der Waals surface area contributed by atoms with Crippen LogP contribution in [0.1, 0.15) is 5.56 Å². The number of nitrogens with zero attached hydrogens (tertiary/aromatic N) is 1. The number of fused-ring (bicyclic) bond motifs is 1. The first kappa shape index (κ1) is 14.3. The van der Waals surface area contributed by atoms with Gasteiger partial charge in [-0.3, -0.25) is 0 Å². The number of H-pyrrole nitrogens is 1. The summed E-state index contributed by atoms with van der Waals surface area (Å²) in [6.07, 6.45) is 0. The molecule has 0 fully saturated rings. The number of halogens is 4. The summed E-state index contributed by atoms with van der Waals surface area (Å²) in [4.78, 5) is 2.89. The van der Waals surface area contributed by atoms with Gasteiger partial charge in [-0.1, -0.05) is 6.07 Å². The summed E-state index contributed by atoms with van der Waals surface area (Å²) in [5.74, 6) is -2.21. The second-order valence-electron chi connectivity index (χ2n) is 4.55. The third-order valence-corrected chi connectivity index (χ3v) is 4.07. The lowest BCUT2D eigenvalue weighted by Gasteiger charge is -2.06. The van der Waals surface area contributed by atoms with Crippen molar-refractivity contribution < 1.29 is 13.2 Å². The van der Waals surface area contributed by atoms with Crippen LogP contribution in [-0.2, 0) is 6.54 Å². The molecule has 0 aliphatic carbocycles. The second kappa shape index (κ2) is 5.31. The molecule has 0 saturated carbocycles. The maximum absolute atomic E-state index is 13.5. The number of aromatic amines is 1. The summed E-state index contributed by atoms with van der Waals surface area (Å²) in [6, 6.07) is 6.60. The molecule has 0 unspecified atom stereocenters. The Bertz CT molecular complexity index is 901. The first-order valence-corrected chi connectivity index (χ1v) is 7.17. The molecule has 7 heteroatoms. The van der Waals surface area contributed by atoms with Crippen LogP contribution in [-0.4, -0.2) is 9.55 Å². The fourth-order valence-corrected chi connectivity index (χ4v) is 2.73. The molecule has 0 spiro atoms. The van der Waals surface area contributed by atoms with Gasteiger partial charge in [0, 0.05) is 6.07 Å². The van der Waals surface area contributed by atoms with Crippen LogP contribution in [0.3, 0.4) is 0 Å². The fourth-order valence-electron chi connectivity index (χ4n) is 2.13. The molecule has 108 valence electrons. The molecule has 0 aliphatic rings. The molecule has 2 aromatic carbocycles. The van der Waals surface area contributed by atoms with Crippen molar-refractivity contribution in [3.8, 4) is 0 Å². The molecular weight excluding hydrogens is 365 g/mol. The van der Waals surface area contributed by atoms with E-state index in [4.69, 9.17) is 12.2 Å². The van der Waals surface area contributed by atoms with Gasteiger partial charge in [0.1, 0.15) is 5.82 Å². The van der Waals surface area contributed by atoms with Crippen LogP contribution in [0.15, 0.2) is 34.8 Å². The second-order valence-corrected chi connectivity index (χ2v) is 5.79. The van der Waals surface area contributed by atoms with Crippen LogP contribution < -0.4 is 0 Å². The fraction of sp³-hybridized carbons (Fsp3) is 0.0714. The van der Waals surface area contributed by atoms with E-state index in [1.807, 2.05) is 0 Å². The van der Waals surface area contributed by atoms with Gasteiger partial charge >= 0.3 is 0 Å². The lowest BCUT2D eigenvalue weighted by atomic mass is 10.2. The molecule has 0 radical (unpaired) electrons. The molecule has 0 bridgehead atoms. The number of nitrogens with one attached hydrogen (secondary N) is 1. The molecular formula is C14H8BrF3N2S. The number of imidazole rings is 1. The molecule has 2 nitrogen and oxygen atoms in total. The summed E-state index contributed by atoms with van der Waals surface area (Å²) >= 11 is 8.32. The van der Waals surface area contributed by atoms with Crippen molar-refractivity contribution in [3.63, 3.8) is 0 Å². The van der Waals surface area contributed by atoms with E-state index in [1.54, 1.807) is 10.6 Å². The SMILES string of the molecule is Fc1ccc(Cn2c(=S)[nH]c3cc(F)c(Br)cc32)cc1F. The third-order valence-electron chi connectivity index (χ3n) is 3.14. The molecule has 1 heterocycles. The van der Waals surface area contributed by atoms with Gasteiger partial charge in [-0.05, 0) is 51.9 Å². The molecule has 0 aliphatic heterocycles. The Balaban J connectivity index is 2.11. The lowest BCUT2D eigenvalue weighted by Crippen LogP contribution is -2.01. The van der Waals surface area contributed by atoms with Gasteiger partial charge in [0.05, 0.1) is 22.1 Å². The van der Waals surface area contributed by atoms with Crippen molar-refractivity contribution >= 4 is 39.2 Å². The summed E-state index contributed by atoms with van der Waals surface area (Å²) in [5.41, 5.74) is 1.78. The van der Waals surface area contributed by atoms with Crippen molar-refractivity contribution in [2.24, 2.45) is 0 Å². The normalized spacial score (nSPS) is 11.2. The van der Waals surface area contributed by atoms with Crippen molar-refractivity contribution in [1.82, 2.24) is 9.55 Å². The number of benzene rings is 2. The summed E-state index contributed by atoms with van der Waals surface area (Å²) in [7, 11) is 0. The lowest BCUT2D eigenvalue weighted by molar-refractivity contribution is 0.506. The van der Waals surface area contributed by atoms with E-state index in [0.29, 0.717) is 25.8 Å². The van der Waals surface area contributed by atoms with Crippen molar-refractivity contribution in [2.75, 3.05) is 0 Å². The monoisotopic (exact) mass is 372 g/mol. The summed E-state index contributed by atoms with van der Waals surface area (Å²) in [6.45, 7) is 0.258. The van der Waals surface area contributed by atoms with Crippen molar-refractivity contribution in [3.05, 3.63) is 62.6 Å². The average Bonchev–Trinajstić information content (AvgIpc) is 2.71. The standard InChI is InChI=1S/C14H8BrF3N2S/c15-8-4-13-12(5-10(8)17)19-14(21)20(13)6-7-1-2-9(16)11(18)3-7/h1-5H,6H2,(H,19,21). The zero-order valence-electron chi connectivity index (χ0n) is 10.5. The summed E-state index contributed by atoms with van der Waals surface area (Å²) < 4.78 is 42.1. The van der Waals surface area contributed by atoms with Gasteiger partial charge in [0.2, 0.25) is 0 Å². The van der Waals surface area contributed by atoms with Gasteiger partial charge in [0.15, 0.2) is 16.4 Å². The van der Waals surface area contributed by atoms with E-state index in [2.05, 4.69) is 20.9 Å². The minimum atomic E-state index is -0.911. The maximum atomic E-state index is 13.5. The smallest absolute Gasteiger partial charge is 0.178 e. The maximum Gasteiger partial charge on any atom is 0.178 e. The van der Waals surface area contributed by atoms with Gasteiger partial charge in [-0.2, -0.15) is 0 Å². The topological polar surface area (TPSA) is 20.7 Å². The van der Waals surface area contributed by atoms with Gasteiger partial charge in [0.25, 0.3) is 0 Å². The van der Waals surface area contributed by atoms with E-state index in [1.165, 1.54) is 12.1 Å². The number of hydrogen-bond donors (Lipinski definition) is 1. The average molecular weight is 373 g/mol. The van der Waals surface area contributed by atoms with Crippen LogP contribution in [0.5, 0.6) is 0 Å². The van der Waals surface area contributed by atoms with Crippen LogP contribution in [0.25, 0.3) is 11.0 Å². The van der Waals surface area contributed by atoms with E-state index in [9.17, 15) is 13.2 Å². The van der Waals surface area contributed by atoms with Gasteiger partial charge in [-0.15, -0.1) is 0 Å².